The molecule has 1 aromatic carbocycles. The van der Waals surface area contributed by atoms with Crippen molar-refractivity contribution in [3.05, 3.63) is 53.9 Å². The van der Waals surface area contributed by atoms with Gasteiger partial charge in [0.1, 0.15) is 24.6 Å². The van der Waals surface area contributed by atoms with E-state index in [9.17, 15) is 22.8 Å². The number of benzene rings is 1. The zero-order valence-electron chi connectivity index (χ0n) is 28.7. The van der Waals surface area contributed by atoms with E-state index in [0.29, 0.717) is 43.2 Å². The molecule has 1 aromatic heterocycles. The van der Waals surface area contributed by atoms with E-state index in [2.05, 4.69) is 10.3 Å². The summed E-state index contributed by atoms with van der Waals surface area (Å²) in [6.45, 7) is 7.88. The Hall–Kier alpha value is -3.51. The van der Waals surface area contributed by atoms with E-state index in [0.717, 1.165) is 18.4 Å². The number of amides is 2. The average molecular weight is 686 g/mol. The lowest BCUT2D eigenvalue weighted by Gasteiger charge is -2.33. The zero-order chi connectivity index (χ0) is 34.7. The van der Waals surface area contributed by atoms with Crippen LogP contribution in [0.1, 0.15) is 102 Å². The molecule has 1 aliphatic carbocycles. The molecule has 2 heterocycles. The van der Waals surface area contributed by atoms with Crippen LogP contribution in [0.25, 0.3) is 0 Å². The Bertz CT molecular complexity index is 1480. The number of piperidine rings is 1. The number of hydrogen-bond donors (Lipinski definition) is 1. The predicted octanol–water partition coefficient (Wildman–Crippen LogP) is 5.66. The maximum atomic E-state index is 13.6. The lowest BCUT2D eigenvalue weighted by atomic mass is 9.86. The third kappa shape index (κ3) is 11.9. The van der Waals surface area contributed by atoms with Crippen LogP contribution in [0.3, 0.4) is 0 Å². The molecular formula is C36H51N3O8S. The summed E-state index contributed by atoms with van der Waals surface area (Å²) in [5.41, 5.74) is 0.744. The molecule has 0 unspecified atom stereocenters. The minimum atomic E-state index is -3.94. The number of nitrogens with one attached hydrogen (secondary N) is 1. The maximum Gasteiger partial charge on any atom is 0.308 e. The summed E-state index contributed by atoms with van der Waals surface area (Å²) in [5.74, 6) is -0.0922. The van der Waals surface area contributed by atoms with Crippen molar-refractivity contribution >= 4 is 27.9 Å². The summed E-state index contributed by atoms with van der Waals surface area (Å²) in [4.78, 5) is 45.7. The van der Waals surface area contributed by atoms with Crippen LogP contribution in [0.2, 0.25) is 0 Å². The number of ether oxygens (including phenoxy) is 2. The zero-order valence-corrected chi connectivity index (χ0v) is 29.6. The quantitative estimate of drug-likeness (QED) is 0.151. The number of pyridine rings is 1. The molecule has 1 N–H and O–H groups in total. The van der Waals surface area contributed by atoms with Crippen molar-refractivity contribution in [3.8, 4) is 5.75 Å². The first-order valence-corrected chi connectivity index (χ1v) is 18.5. The van der Waals surface area contributed by atoms with E-state index in [-0.39, 0.29) is 36.3 Å². The number of carbonyl (C=O) groups excluding carboxylic acids is 3. The third-order valence-electron chi connectivity index (χ3n) is 8.78. The monoisotopic (exact) mass is 685 g/mol. The molecule has 0 bridgehead atoms. The van der Waals surface area contributed by atoms with E-state index < -0.39 is 33.6 Å². The highest BCUT2D eigenvalue weighted by atomic mass is 32.2. The fourth-order valence-electron chi connectivity index (χ4n) is 6.25. The van der Waals surface area contributed by atoms with Crippen molar-refractivity contribution in [2.75, 3.05) is 26.3 Å². The van der Waals surface area contributed by atoms with Crippen LogP contribution >= 0.6 is 0 Å². The minimum Gasteiger partial charge on any atom is -0.490 e. The fraction of sp³-hybridized carbons (Fsp3) is 0.611. The van der Waals surface area contributed by atoms with E-state index in [1.807, 2.05) is 11.8 Å². The molecule has 12 heteroatoms. The first-order valence-electron chi connectivity index (χ1n) is 17.1. The molecule has 11 nitrogen and oxygen atoms in total. The molecule has 0 radical (unpaired) electrons. The second kappa shape index (κ2) is 17.2. The SMILES string of the molecule is Cc1ccc(S(=O)(=O)OCCOc2cncc([C@H](CC(=O)OC(C)(C)C)NC(=O)[C@@H]3CCCN(C(=O)CCC4CCCCC4)C3)c2)cc1. The van der Waals surface area contributed by atoms with Gasteiger partial charge in [-0.2, -0.15) is 8.42 Å². The molecule has 2 aromatic rings. The normalized spacial score (nSPS) is 18.2. The number of likely N-dealkylation sites (tertiary alicyclic amines) is 1. The third-order valence-corrected chi connectivity index (χ3v) is 10.1. The molecule has 2 amide bonds. The second-order valence-electron chi connectivity index (χ2n) is 14.0. The number of aryl methyl sites for hydroxylation is 1. The van der Waals surface area contributed by atoms with Gasteiger partial charge in [0.25, 0.3) is 10.1 Å². The molecule has 1 saturated heterocycles. The van der Waals surface area contributed by atoms with Crippen molar-refractivity contribution < 1.29 is 36.5 Å². The summed E-state index contributed by atoms with van der Waals surface area (Å²) in [7, 11) is -3.94. The first kappa shape index (κ1) is 37.3. The van der Waals surface area contributed by atoms with Gasteiger partial charge >= 0.3 is 5.97 Å². The standard InChI is InChI=1S/C36H51N3O8S/c1-26-12-15-31(16-13-26)48(43,44)46-20-19-45-30-21-29(23-37-24-30)32(22-34(41)47-36(2,3)4)38-35(42)28-11-8-18-39(25-28)33(40)17-14-27-9-6-5-7-10-27/h12-13,15-16,21,23-24,27-28,32H,5-11,14,17-20,22,25H2,1-4H3,(H,38,42)/t28-,32+/m1/s1. The Morgan fingerprint density at radius 1 is 1.00 bits per heavy atom. The van der Waals surface area contributed by atoms with Crippen LogP contribution in [0.4, 0.5) is 0 Å². The molecule has 4 rings (SSSR count). The van der Waals surface area contributed by atoms with E-state index in [1.54, 1.807) is 45.2 Å². The van der Waals surface area contributed by atoms with Gasteiger partial charge in [-0.25, -0.2) is 0 Å². The van der Waals surface area contributed by atoms with Crippen LogP contribution in [0, 0.1) is 18.8 Å². The topological polar surface area (TPSA) is 141 Å². The molecular weight excluding hydrogens is 634 g/mol. The van der Waals surface area contributed by atoms with Crippen LogP contribution in [-0.4, -0.2) is 68.0 Å². The Kier molecular flexibility index (Phi) is 13.4. The van der Waals surface area contributed by atoms with Crippen LogP contribution < -0.4 is 10.1 Å². The maximum absolute atomic E-state index is 13.6. The van der Waals surface area contributed by atoms with Gasteiger partial charge < -0.3 is 19.7 Å². The molecule has 2 fully saturated rings. The van der Waals surface area contributed by atoms with Gasteiger partial charge in [-0.05, 0) is 76.6 Å². The van der Waals surface area contributed by atoms with Gasteiger partial charge in [0.2, 0.25) is 11.8 Å². The number of aromatic nitrogens is 1. The molecule has 2 aliphatic rings. The van der Waals surface area contributed by atoms with Gasteiger partial charge in [-0.1, -0.05) is 49.8 Å². The summed E-state index contributed by atoms with van der Waals surface area (Å²) < 4.78 is 41.4. The Labute approximate surface area is 285 Å². The lowest BCUT2D eigenvalue weighted by molar-refractivity contribution is -0.155. The lowest BCUT2D eigenvalue weighted by Crippen LogP contribution is -2.46. The number of nitrogens with zero attached hydrogens (tertiary/aromatic N) is 2. The average Bonchev–Trinajstić information content (AvgIpc) is 3.05. The minimum absolute atomic E-state index is 0.0578. The highest BCUT2D eigenvalue weighted by Gasteiger charge is 2.31. The molecule has 264 valence electrons. The van der Waals surface area contributed by atoms with Crippen LogP contribution in [0.15, 0.2) is 47.6 Å². The van der Waals surface area contributed by atoms with Crippen molar-refractivity contribution in [2.24, 2.45) is 11.8 Å². The van der Waals surface area contributed by atoms with Gasteiger partial charge in [-0.15, -0.1) is 0 Å². The van der Waals surface area contributed by atoms with Gasteiger partial charge in [-0.3, -0.25) is 23.6 Å². The van der Waals surface area contributed by atoms with Crippen molar-refractivity contribution in [1.82, 2.24) is 15.2 Å². The Morgan fingerprint density at radius 2 is 1.73 bits per heavy atom. The van der Waals surface area contributed by atoms with Crippen molar-refractivity contribution in [2.45, 2.75) is 108 Å². The van der Waals surface area contributed by atoms with Gasteiger partial charge in [0.05, 0.1) is 29.5 Å². The van der Waals surface area contributed by atoms with Crippen molar-refractivity contribution in [1.29, 1.82) is 0 Å². The van der Waals surface area contributed by atoms with E-state index >= 15 is 0 Å². The second-order valence-corrected chi connectivity index (χ2v) is 15.6. The molecule has 0 spiro atoms. The van der Waals surface area contributed by atoms with Crippen LogP contribution in [-0.2, 0) is 33.4 Å². The highest BCUT2D eigenvalue weighted by Crippen LogP contribution is 2.29. The summed E-state index contributed by atoms with van der Waals surface area (Å²) in [6, 6.07) is 7.24. The van der Waals surface area contributed by atoms with Crippen LogP contribution in [0.5, 0.6) is 5.75 Å². The Balaban J connectivity index is 1.37. The molecule has 1 saturated carbocycles. The first-order chi connectivity index (χ1) is 22.8. The summed E-state index contributed by atoms with van der Waals surface area (Å²) in [5, 5.41) is 3.02. The van der Waals surface area contributed by atoms with Gasteiger partial charge in [0, 0.05) is 25.7 Å². The number of esters is 1. The summed E-state index contributed by atoms with van der Waals surface area (Å²) in [6.07, 6.45) is 11.8. The highest BCUT2D eigenvalue weighted by molar-refractivity contribution is 7.86. The fourth-order valence-corrected chi connectivity index (χ4v) is 7.15. The van der Waals surface area contributed by atoms with Gasteiger partial charge in [0.15, 0.2) is 0 Å². The summed E-state index contributed by atoms with van der Waals surface area (Å²) >= 11 is 0. The van der Waals surface area contributed by atoms with Crippen molar-refractivity contribution in [3.63, 3.8) is 0 Å². The number of carbonyl (C=O) groups is 3. The number of rotatable bonds is 14. The predicted molar refractivity (Wildman–Crippen MR) is 181 cm³/mol. The smallest absolute Gasteiger partial charge is 0.308 e. The number of hydrogen-bond acceptors (Lipinski definition) is 9. The molecule has 48 heavy (non-hydrogen) atoms. The molecule has 2 atom stereocenters. The van der Waals surface area contributed by atoms with E-state index in [4.69, 9.17) is 13.7 Å². The van der Waals surface area contributed by atoms with E-state index in [1.165, 1.54) is 50.4 Å². The largest absolute Gasteiger partial charge is 0.490 e. The Morgan fingerprint density at radius 3 is 2.44 bits per heavy atom. The molecule has 1 aliphatic heterocycles.